The second kappa shape index (κ2) is 7.16. The number of methoxy groups -OCH3 is 1. The van der Waals surface area contributed by atoms with Crippen molar-refractivity contribution >= 4 is 16.1 Å². The molecule has 1 N–H and O–H groups in total. The lowest BCUT2D eigenvalue weighted by Crippen LogP contribution is -2.38. The van der Waals surface area contributed by atoms with Gasteiger partial charge in [0, 0.05) is 4.91 Å². The number of hydrogen-bond acceptors (Lipinski definition) is 8. The highest BCUT2D eigenvalue weighted by Crippen LogP contribution is 2.29. The molecule has 1 aromatic carbocycles. The molecule has 0 spiro atoms. The molecule has 1 fully saturated rings. The summed E-state index contributed by atoms with van der Waals surface area (Å²) in [5.41, 5.74) is 9.46. The molecule has 130 valence electrons. The van der Waals surface area contributed by atoms with Crippen molar-refractivity contribution < 1.29 is 32.0 Å². The number of ether oxygens (including phenoxy) is 2. The summed E-state index contributed by atoms with van der Waals surface area (Å²) in [7, 11) is -3.20. The zero-order valence-electron chi connectivity index (χ0n) is 12.8. The van der Waals surface area contributed by atoms with Crippen LogP contribution in [0.5, 0.6) is 0 Å². The Bertz CT molecular complexity index is 758. The van der Waals surface area contributed by atoms with Crippen LogP contribution in [-0.4, -0.2) is 51.1 Å². The first-order chi connectivity index (χ1) is 11.3. The number of nitrogens with zero attached hydrogens (tertiary/aromatic N) is 3. The molecule has 0 radical (unpaired) electrons. The number of carbonyl (C=O) groups excluding carboxylic acids is 1. The third kappa shape index (κ3) is 3.66. The van der Waals surface area contributed by atoms with Crippen LogP contribution in [0, 0.1) is 6.92 Å². The Labute approximate surface area is 137 Å². The predicted molar refractivity (Wildman–Crippen MR) is 79.1 cm³/mol. The van der Waals surface area contributed by atoms with Crippen LogP contribution in [0.4, 0.5) is 0 Å². The molecule has 1 aliphatic heterocycles. The minimum Gasteiger partial charge on any atom is -0.467 e. The van der Waals surface area contributed by atoms with E-state index in [4.69, 9.17) is 14.5 Å². The number of benzene rings is 1. The smallest absolute Gasteiger partial charge is 0.335 e. The Morgan fingerprint density at radius 3 is 2.54 bits per heavy atom. The topological polar surface area (TPSA) is 148 Å². The van der Waals surface area contributed by atoms with Gasteiger partial charge in [-0.05, 0) is 24.6 Å². The van der Waals surface area contributed by atoms with E-state index in [1.54, 1.807) is 19.1 Å². The summed E-state index contributed by atoms with van der Waals surface area (Å²) < 4.78 is 38.9. The van der Waals surface area contributed by atoms with Gasteiger partial charge in [-0.15, -0.1) is 0 Å². The first-order valence-electron chi connectivity index (χ1n) is 6.75. The molecule has 0 bridgehead atoms. The molecule has 1 aromatic rings. The number of rotatable bonds is 5. The molecule has 11 heteroatoms. The fourth-order valence-electron chi connectivity index (χ4n) is 2.16. The van der Waals surface area contributed by atoms with Gasteiger partial charge in [0.05, 0.1) is 12.0 Å². The molecule has 2 rings (SSSR count). The van der Waals surface area contributed by atoms with Crippen LogP contribution in [0.15, 0.2) is 34.3 Å². The molecular weight excluding hydrogens is 342 g/mol. The third-order valence-corrected chi connectivity index (χ3v) is 4.70. The second-order valence-electron chi connectivity index (χ2n) is 4.99. The Balaban J connectivity index is 2.30. The van der Waals surface area contributed by atoms with E-state index >= 15 is 0 Å². The van der Waals surface area contributed by atoms with Crippen molar-refractivity contribution in [1.82, 2.24) is 0 Å². The van der Waals surface area contributed by atoms with E-state index < -0.39 is 40.6 Å². The van der Waals surface area contributed by atoms with Gasteiger partial charge in [0.25, 0.3) is 10.1 Å². The Kier molecular flexibility index (Phi) is 5.42. The van der Waals surface area contributed by atoms with Crippen LogP contribution in [-0.2, 0) is 28.6 Å². The van der Waals surface area contributed by atoms with Gasteiger partial charge in [-0.3, -0.25) is 4.18 Å². The minimum atomic E-state index is -4.28. The molecule has 4 atom stereocenters. The lowest BCUT2D eigenvalue weighted by atomic mass is 10.1. The first-order valence-corrected chi connectivity index (χ1v) is 8.16. The molecule has 0 aliphatic carbocycles. The average Bonchev–Trinajstić information content (AvgIpc) is 2.84. The van der Waals surface area contributed by atoms with Gasteiger partial charge >= 0.3 is 5.97 Å². The van der Waals surface area contributed by atoms with Gasteiger partial charge in [-0.25, -0.2) is 4.79 Å². The number of carbonyl (C=O) groups is 1. The number of azide groups is 1. The highest BCUT2D eigenvalue weighted by molar-refractivity contribution is 7.86. The monoisotopic (exact) mass is 357 g/mol. The van der Waals surface area contributed by atoms with Gasteiger partial charge in [0.15, 0.2) is 12.4 Å². The summed E-state index contributed by atoms with van der Waals surface area (Å²) in [6, 6.07) is 4.39. The van der Waals surface area contributed by atoms with Gasteiger partial charge < -0.3 is 14.6 Å². The molecule has 1 aliphatic rings. The van der Waals surface area contributed by atoms with Crippen molar-refractivity contribution in [3.05, 3.63) is 40.3 Å². The SMILES string of the molecule is COC(=O)[C@H]1O[C@@H](O)[C@H](OS(=O)(=O)c2ccc(C)cc2)[C@H]1N=[N+]=[N-]. The first kappa shape index (κ1) is 18.2. The summed E-state index contributed by atoms with van der Waals surface area (Å²) >= 11 is 0. The summed E-state index contributed by atoms with van der Waals surface area (Å²) in [4.78, 5) is 14.0. The van der Waals surface area contributed by atoms with Crippen molar-refractivity contribution in [2.45, 2.75) is 36.4 Å². The number of aliphatic hydroxyl groups is 1. The van der Waals surface area contributed by atoms with Crippen LogP contribution in [0.25, 0.3) is 10.4 Å². The highest BCUT2D eigenvalue weighted by atomic mass is 32.2. The maximum Gasteiger partial charge on any atom is 0.335 e. The van der Waals surface area contributed by atoms with E-state index in [-0.39, 0.29) is 4.90 Å². The van der Waals surface area contributed by atoms with E-state index in [1.807, 2.05) is 0 Å². The zero-order chi connectivity index (χ0) is 17.9. The average molecular weight is 357 g/mol. The number of aryl methyl sites for hydroxylation is 1. The molecule has 24 heavy (non-hydrogen) atoms. The lowest BCUT2D eigenvalue weighted by Gasteiger charge is -2.17. The molecule has 10 nitrogen and oxygen atoms in total. The zero-order valence-corrected chi connectivity index (χ0v) is 13.6. The van der Waals surface area contributed by atoms with Crippen molar-refractivity contribution in [3.8, 4) is 0 Å². The summed E-state index contributed by atoms with van der Waals surface area (Å²) in [6.07, 6.45) is -4.85. The van der Waals surface area contributed by atoms with E-state index in [9.17, 15) is 18.3 Å². The summed E-state index contributed by atoms with van der Waals surface area (Å²) in [6.45, 7) is 1.78. The van der Waals surface area contributed by atoms with E-state index in [1.165, 1.54) is 12.1 Å². The standard InChI is InChI=1S/C13H15N3O7S/c1-7-3-5-8(6-4-7)24(19,20)23-11-9(15-16-14)10(12(17)21-2)22-13(11)18/h3-6,9-11,13,18H,1-2H3/t9-,10-,11+,13+/m0/s1. The van der Waals surface area contributed by atoms with Crippen molar-refractivity contribution in [1.29, 1.82) is 0 Å². The maximum absolute atomic E-state index is 12.3. The molecule has 0 aromatic heterocycles. The summed E-state index contributed by atoms with van der Waals surface area (Å²) in [5.74, 6) is -0.926. The Morgan fingerprint density at radius 1 is 1.38 bits per heavy atom. The van der Waals surface area contributed by atoms with E-state index in [0.29, 0.717) is 0 Å². The van der Waals surface area contributed by atoms with Gasteiger partial charge in [0.1, 0.15) is 12.1 Å². The van der Waals surface area contributed by atoms with Crippen LogP contribution < -0.4 is 0 Å². The second-order valence-corrected chi connectivity index (χ2v) is 6.57. The van der Waals surface area contributed by atoms with Gasteiger partial charge in [0.2, 0.25) is 0 Å². The number of esters is 1. The molecule has 1 saturated heterocycles. The molecule has 0 unspecified atom stereocenters. The van der Waals surface area contributed by atoms with E-state index in [0.717, 1.165) is 12.7 Å². The Morgan fingerprint density at radius 2 is 2.00 bits per heavy atom. The largest absolute Gasteiger partial charge is 0.467 e. The van der Waals surface area contributed by atoms with Gasteiger partial charge in [-0.2, -0.15) is 8.42 Å². The lowest BCUT2D eigenvalue weighted by molar-refractivity contribution is -0.166. The van der Waals surface area contributed by atoms with Crippen LogP contribution in [0.3, 0.4) is 0 Å². The van der Waals surface area contributed by atoms with E-state index in [2.05, 4.69) is 14.8 Å². The van der Waals surface area contributed by atoms with Crippen molar-refractivity contribution in [2.24, 2.45) is 5.11 Å². The molecule has 0 amide bonds. The fraction of sp³-hybridized carbons (Fsp3) is 0.462. The van der Waals surface area contributed by atoms with Gasteiger partial charge in [-0.1, -0.05) is 22.8 Å². The van der Waals surface area contributed by atoms with Crippen LogP contribution in [0.1, 0.15) is 5.56 Å². The number of aliphatic hydroxyl groups excluding tert-OH is 1. The van der Waals surface area contributed by atoms with Crippen molar-refractivity contribution in [2.75, 3.05) is 7.11 Å². The quantitative estimate of drug-likeness (QED) is 0.267. The third-order valence-electron chi connectivity index (χ3n) is 3.38. The van der Waals surface area contributed by atoms with Crippen LogP contribution in [0.2, 0.25) is 0 Å². The maximum atomic E-state index is 12.3. The molecular formula is C13H15N3O7S. The summed E-state index contributed by atoms with van der Waals surface area (Å²) in [5, 5.41) is 13.2. The van der Waals surface area contributed by atoms with Crippen LogP contribution >= 0.6 is 0 Å². The number of hydrogen-bond donors (Lipinski definition) is 1. The Hall–Kier alpha value is -2.17. The van der Waals surface area contributed by atoms with Crippen molar-refractivity contribution in [3.63, 3.8) is 0 Å². The molecule has 0 saturated carbocycles. The molecule has 1 heterocycles. The minimum absolute atomic E-state index is 0.151. The normalized spacial score (nSPS) is 26.6. The fourth-order valence-corrected chi connectivity index (χ4v) is 3.24. The highest BCUT2D eigenvalue weighted by Gasteiger charge is 2.50. The predicted octanol–water partition coefficient (Wildman–Crippen LogP) is 0.638.